The van der Waals surface area contributed by atoms with Crippen LogP contribution in [0.1, 0.15) is 17.3 Å². The quantitative estimate of drug-likeness (QED) is 0.730. The van der Waals surface area contributed by atoms with Crippen LogP contribution in [0.2, 0.25) is 0 Å². The first kappa shape index (κ1) is 15.0. The second-order valence-corrected chi connectivity index (χ2v) is 4.63. The zero-order valence-corrected chi connectivity index (χ0v) is 11.7. The lowest BCUT2D eigenvalue weighted by atomic mass is 10.1. The third-order valence-corrected chi connectivity index (χ3v) is 2.85. The third-order valence-electron chi connectivity index (χ3n) is 2.85. The van der Waals surface area contributed by atoms with Gasteiger partial charge in [0.15, 0.2) is 5.82 Å². The minimum absolute atomic E-state index is 0.137. The number of aliphatic hydroxyl groups excluding tert-OH is 1. The number of aromatic nitrogens is 2. The van der Waals surface area contributed by atoms with Crippen molar-refractivity contribution in [1.82, 2.24) is 20.8 Å². The lowest BCUT2D eigenvalue weighted by Crippen LogP contribution is -2.44. The monoisotopic (exact) mass is 290 g/mol. The Morgan fingerprint density at radius 3 is 2.76 bits per heavy atom. The van der Waals surface area contributed by atoms with Gasteiger partial charge in [-0.05, 0) is 18.9 Å². The van der Waals surface area contributed by atoms with E-state index < -0.39 is 0 Å². The van der Waals surface area contributed by atoms with Crippen molar-refractivity contribution in [3.05, 3.63) is 47.6 Å². The predicted molar refractivity (Wildman–Crippen MR) is 75.4 cm³/mol. The summed E-state index contributed by atoms with van der Waals surface area (Å²) in [6, 6.07) is 8.91. The van der Waals surface area contributed by atoms with E-state index in [0.717, 1.165) is 5.56 Å². The van der Waals surface area contributed by atoms with Crippen molar-refractivity contribution in [3.63, 3.8) is 0 Å². The Hall–Kier alpha value is -2.41. The highest BCUT2D eigenvalue weighted by Gasteiger charge is 2.12. The van der Waals surface area contributed by atoms with Crippen LogP contribution in [0.5, 0.6) is 0 Å². The average molecular weight is 290 g/mol. The van der Waals surface area contributed by atoms with E-state index in [0.29, 0.717) is 18.1 Å². The van der Waals surface area contributed by atoms with E-state index >= 15 is 0 Å². The van der Waals surface area contributed by atoms with Gasteiger partial charge >= 0.3 is 6.03 Å². The molecule has 0 radical (unpaired) electrons. The van der Waals surface area contributed by atoms with Gasteiger partial charge in [-0.2, -0.15) is 4.98 Å². The van der Waals surface area contributed by atoms with Crippen LogP contribution >= 0.6 is 0 Å². The van der Waals surface area contributed by atoms with Gasteiger partial charge in [-0.3, -0.25) is 0 Å². The Balaban J connectivity index is 1.79. The van der Waals surface area contributed by atoms with Crippen molar-refractivity contribution in [3.8, 4) is 0 Å². The molecule has 1 aromatic heterocycles. The first-order chi connectivity index (χ1) is 10.2. The van der Waals surface area contributed by atoms with Crippen molar-refractivity contribution < 1.29 is 14.4 Å². The van der Waals surface area contributed by atoms with Crippen LogP contribution in [-0.4, -0.2) is 33.9 Å². The molecule has 3 N–H and O–H groups in total. The molecule has 0 saturated heterocycles. The summed E-state index contributed by atoms with van der Waals surface area (Å²) in [5, 5.41) is 18.3. The number of hydrogen-bond acceptors (Lipinski definition) is 5. The molecule has 0 fully saturated rings. The number of aryl methyl sites for hydroxylation is 1. The first-order valence-electron chi connectivity index (χ1n) is 6.65. The predicted octanol–water partition coefficient (Wildman–Crippen LogP) is 0.781. The number of nitrogens with zero attached hydrogens (tertiary/aromatic N) is 2. The van der Waals surface area contributed by atoms with E-state index in [1.165, 1.54) is 0 Å². The Kier molecular flexibility index (Phi) is 5.28. The molecule has 0 bridgehead atoms. The fourth-order valence-corrected chi connectivity index (χ4v) is 1.86. The summed E-state index contributed by atoms with van der Waals surface area (Å²) in [6.45, 7) is 1.72. The molecule has 112 valence electrons. The summed E-state index contributed by atoms with van der Waals surface area (Å²) >= 11 is 0. The fraction of sp³-hybridized carbons (Fsp3) is 0.357. The first-order valence-corrected chi connectivity index (χ1v) is 6.65. The molecule has 1 unspecified atom stereocenters. The Labute approximate surface area is 122 Å². The van der Waals surface area contributed by atoms with Gasteiger partial charge in [-0.15, -0.1) is 0 Å². The number of amides is 2. The normalized spacial score (nSPS) is 11.9. The maximum Gasteiger partial charge on any atom is 0.315 e. The van der Waals surface area contributed by atoms with Gasteiger partial charge in [0, 0.05) is 0 Å². The number of carbonyl (C=O) groups excluding carboxylic acids is 1. The molecule has 2 amide bonds. The summed E-state index contributed by atoms with van der Waals surface area (Å²) < 4.78 is 4.89. The third kappa shape index (κ3) is 4.88. The number of rotatable bonds is 6. The molecule has 0 aliphatic heterocycles. The Bertz CT molecular complexity index is 571. The second kappa shape index (κ2) is 7.39. The topological polar surface area (TPSA) is 100 Å². The van der Waals surface area contributed by atoms with Gasteiger partial charge in [-0.1, -0.05) is 35.5 Å². The van der Waals surface area contributed by atoms with Crippen molar-refractivity contribution in [2.24, 2.45) is 0 Å². The molecule has 1 atom stereocenters. The molecule has 1 heterocycles. The smallest absolute Gasteiger partial charge is 0.315 e. The number of hydrogen-bond donors (Lipinski definition) is 3. The van der Waals surface area contributed by atoms with E-state index in [9.17, 15) is 9.90 Å². The molecular formula is C14H18N4O3. The Morgan fingerprint density at radius 2 is 2.14 bits per heavy atom. The molecule has 0 aliphatic rings. The van der Waals surface area contributed by atoms with E-state index in [4.69, 9.17) is 4.52 Å². The summed E-state index contributed by atoms with van der Waals surface area (Å²) in [4.78, 5) is 15.7. The van der Waals surface area contributed by atoms with Crippen LogP contribution in [0.15, 0.2) is 34.9 Å². The molecule has 0 aliphatic carbocycles. The largest absolute Gasteiger partial charge is 0.394 e. The molecule has 0 saturated carbocycles. The van der Waals surface area contributed by atoms with Crippen molar-refractivity contribution >= 4 is 6.03 Å². The fourth-order valence-electron chi connectivity index (χ4n) is 1.86. The highest BCUT2D eigenvalue weighted by molar-refractivity contribution is 5.74. The zero-order chi connectivity index (χ0) is 15.1. The van der Waals surface area contributed by atoms with Gasteiger partial charge in [0.2, 0.25) is 5.89 Å². The van der Waals surface area contributed by atoms with Gasteiger partial charge < -0.3 is 20.3 Å². The molecule has 0 spiro atoms. The molecule has 2 rings (SSSR count). The lowest BCUT2D eigenvalue weighted by molar-refractivity contribution is 0.214. The van der Waals surface area contributed by atoms with Crippen LogP contribution in [0.3, 0.4) is 0 Å². The van der Waals surface area contributed by atoms with Gasteiger partial charge in [0.05, 0.1) is 19.2 Å². The lowest BCUT2D eigenvalue weighted by Gasteiger charge is -2.16. The van der Waals surface area contributed by atoms with E-state index in [1.54, 1.807) is 6.92 Å². The van der Waals surface area contributed by atoms with Crippen molar-refractivity contribution in [1.29, 1.82) is 0 Å². The van der Waals surface area contributed by atoms with Crippen LogP contribution < -0.4 is 10.6 Å². The van der Waals surface area contributed by atoms with Gasteiger partial charge in [0.1, 0.15) is 0 Å². The second-order valence-electron chi connectivity index (χ2n) is 4.63. The number of aliphatic hydroxyl groups is 1. The molecule has 2 aromatic rings. The van der Waals surface area contributed by atoms with E-state index in [2.05, 4.69) is 20.8 Å². The van der Waals surface area contributed by atoms with E-state index in [1.807, 2.05) is 30.3 Å². The maximum atomic E-state index is 11.8. The van der Waals surface area contributed by atoms with E-state index in [-0.39, 0.29) is 25.2 Å². The average Bonchev–Trinajstić information content (AvgIpc) is 2.91. The molecule has 7 nitrogen and oxygen atoms in total. The maximum absolute atomic E-state index is 11.8. The molecule has 21 heavy (non-hydrogen) atoms. The van der Waals surface area contributed by atoms with Gasteiger partial charge in [0.25, 0.3) is 0 Å². The number of carbonyl (C=O) groups is 1. The highest BCUT2D eigenvalue weighted by atomic mass is 16.5. The number of nitrogens with one attached hydrogen (secondary N) is 2. The van der Waals surface area contributed by atoms with Crippen molar-refractivity contribution in [2.75, 3.05) is 6.61 Å². The Morgan fingerprint density at radius 1 is 1.38 bits per heavy atom. The van der Waals surface area contributed by atoms with Crippen LogP contribution in [0.25, 0.3) is 0 Å². The summed E-state index contributed by atoms with van der Waals surface area (Å²) in [7, 11) is 0. The highest BCUT2D eigenvalue weighted by Crippen LogP contribution is 2.03. The molecular weight excluding hydrogens is 272 g/mol. The van der Waals surface area contributed by atoms with Crippen LogP contribution in [0.4, 0.5) is 4.79 Å². The summed E-state index contributed by atoms with van der Waals surface area (Å²) in [5.74, 6) is 0.857. The van der Waals surface area contributed by atoms with Crippen molar-refractivity contribution in [2.45, 2.75) is 25.9 Å². The standard InChI is InChI=1S/C14H18N4O3/c1-10-16-13(21-18-10)8-15-14(20)17-12(9-19)7-11-5-3-2-4-6-11/h2-6,12,19H,7-9H2,1H3,(H2,15,17,20). The molecule has 1 aromatic carbocycles. The number of urea groups is 1. The molecule has 7 heteroatoms. The van der Waals surface area contributed by atoms with Crippen LogP contribution in [-0.2, 0) is 13.0 Å². The SMILES string of the molecule is Cc1noc(CNC(=O)NC(CO)Cc2ccccc2)n1. The van der Waals surface area contributed by atoms with Gasteiger partial charge in [-0.25, -0.2) is 4.79 Å². The van der Waals surface area contributed by atoms with Crippen LogP contribution in [0, 0.1) is 6.92 Å². The minimum Gasteiger partial charge on any atom is -0.394 e. The summed E-state index contributed by atoms with van der Waals surface area (Å²) in [6.07, 6.45) is 0.560. The minimum atomic E-state index is -0.388. The zero-order valence-electron chi connectivity index (χ0n) is 11.7. The summed E-state index contributed by atoms with van der Waals surface area (Å²) in [5.41, 5.74) is 1.05. The number of benzene rings is 1.